The van der Waals surface area contributed by atoms with Crippen LogP contribution in [0.25, 0.3) is 0 Å². The van der Waals surface area contributed by atoms with Crippen LogP contribution in [0.3, 0.4) is 0 Å². The van der Waals surface area contributed by atoms with Gasteiger partial charge in [-0.05, 0) is 42.2 Å². The molecular formula is C23H25NO3S2. The molecule has 4 rings (SSSR count). The number of ether oxygens (including phenoxy) is 1. The first-order chi connectivity index (χ1) is 14.0. The van der Waals surface area contributed by atoms with Crippen molar-refractivity contribution < 1.29 is 14.3 Å². The fraction of sp³-hybridized carbons (Fsp3) is 0.391. The molecule has 0 saturated carbocycles. The zero-order valence-corrected chi connectivity index (χ0v) is 18.5. The summed E-state index contributed by atoms with van der Waals surface area (Å²) in [6.45, 7) is 6.31. The zero-order valence-electron chi connectivity index (χ0n) is 16.9. The van der Waals surface area contributed by atoms with Crippen molar-refractivity contribution in [1.82, 2.24) is 5.32 Å². The first-order valence-corrected chi connectivity index (χ1v) is 11.7. The van der Waals surface area contributed by atoms with Gasteiger partial charge in [-0.3, -0.25) is 4.79 Å². The molecule has 29 heavy (non-hydrogen) atoms. The molecule has 1 N–H and O–H groups in total. The van der Waals surface area contributed by atoms with E-state index in [-0.39, 0.29) is 29.5 Å². The van der Waals surface area contributed by atoms with Crippen LogP contribution in [-0.4, -0.2) is 18.4 Å². The number of carbonyl (C=O) groups is 2. The predicted molar refractivity (Wildman–Crippen MR) is 117 cm³/mol. The van der Waals surface area contributed by atoms with E-state index in [1.165, 1.54) is 4.88 Å². The first-order valence-electron chi connectivity index (χ1n) is 9.93. The van der Waals surface area contributed by atoms with E-state index in [0.29, 0.717) is 18.6 Å². The summed E-state index contributed by atoms with van der Waals surface area (Å²) in [5.74, 6) is -0.101. The third-order valence-corrected chi connectivity index (χ3v) is 7.34. The molecule has 2 aliphatic rings. The number of ketones is 1. The average Bonchev–Trinajstić information content (AvgIpc) is 3.38. The van der Waals surface area contributed by atoms with Gasteiger partial charge in [0.25, 0.3) is 0 Å². The molecule has 1 aliphatic carbocycles. The Hall–Kier alpha value is -2.18. The molecule has 1 aliphatic heterocycles. The number of dihydropyridines is 1. The van der Waals surface area contributed by atoms with Gasteiger partial charge in [0.2, 0.25) is 0 Å². The molecule has 0 bridgehead atoms. The van der Waals surface area contributed by atoms with Crippen LogP contribution in [0, 0.1) is 5.92 Å². The molecule has 6 heteroatoms. The van der Waals surface area contributed by atoms with E-state index < -0.39 is 0 Å². The standard InChI is InChI=1S/C23H25NO3S2/c1-13(2)12-27-23(26)20-14(3)24-16-10-15(18-6-4-8-28-18)11-17(25)21(16)22(20)19-7-5-9-29-19/h4-9,13,15,22,24H,10-12H2,1-3H3/t15-,22-/m0/s1. The second-order valence-electron chi connectivity index (χ2n) is 8.04. The van der Waals surface area contributed by atoms with E-state index in [1.54, 1.807) is 22.7 Å². The van der Waals surface area contributed by atoms with Crippen LogP contribution in [0.4, 0.5) is 0 Å². The van der Waals surface area contributed by atoms with Crippen LogP contribution in [0.5, 0.6) is 0 Å². The smallest absolute Gasteiger partial charge is 0.336 e. The van der Waals surface area contributed by atoms with Crippen LogP contribution in [-0.2, 0) is 14.3 Å². The topological polar surface area (TPSA) is 55.4 Å². The number of allylic oxidation sites excluding steroid dienone is 3. The van der Waals surface area contributed by atoms with Crippen molar-refractivity contribution in [2.75, 3.05) is 6.61 Å². The largest absolute Gasteiger partial charge is 0.462 e. The highest BCUT2D eigenvalue weighted by molar-refractivity contribution is 7.10. The van der Waals surface area contributed by atoms with Gasteiger partial charge in [0, 0.05) is 39.1 Å². The summed E-state index contributed by atoms with van der Waals surface area (Å²) >= 11 is 3.28. The first kappa shape index (κ1) is 20.1. The summed E-state index contributed by atoms with van der Waals surface area (Å²) in [4.78, 5) is 28.6. The average molecular weight is 428 g/mol. The highest BCUT2D eigenvalue weighted by atomic mass is 32.1. The molecule has 0 fully saturated rings. The normalized spacial score (nSPS) is 22.0. The van der Waals surface area contributed by atoms with Crippen molar-refractivity contribution in [2.45, 2.75) is 45.4 Å². The molecule has 3 heterocycles. The van der Waals surface area contributed by atoms with E-state index in [4.69, 9.17) is 4.74 Å². The Kier molecular flexibility index (Phi) is 5.74. The third kappa shape index (κ3) is 3.96. The molecule has 0 amide bonds. The van der Waals surface area contributed by atoms with Crippen LogP contribution in [0.15, 0.2) is 57.6 Å². The van der Waals surface area contributed by atoms with E-state index in [2.05, 4.69) is 16.8 Å². The van der Waals surface area contributed by atoms with Gasteiger partial charge in [-0.15, -0.1) is 22.7 Å². The Morgan fingerprint density at radius 2 is 1.86 bits per heavy atom. The lowest BCUT2D eigenvalue weighted by Gasteiger charge is -2.36. The lowest BCUT2D eigenvalue weighted by atomic mass is 9.74. The Morgan fingerprint density at radius 3 is 2.48 bits per heavy atom. The Labute approximate surface area is 179 Å². The molecule has 0 saturated heterocycles. The minimum Gasteiger partial charge on any atom is -0.462 e. The molecule has 0 radical (unpaired) electrons. The number of Topliss-reactive ketones (excluding diaryl/α,β-unsaturated/α-hetero) is 1. The van der Waals surface area contributed by atoms with Gasteiger partial charge in [0.15, 0.2) is 5.78 Å². The second-order valence-corrected chi connectivity index (χ2v) is 10.00. The molecule has 0 aromatic carbocycles. The lowest BCUT2D eigenvalue weighted by molar-refractivity contribution is -0.140. The van der Waals surface area contributed by atoms with Crippen molar-refractivity contribution in [3.8, 4) is 0 Å². The van der Waals surface area contributed by atoms with Crippen LogP contribution < -0.4 is 5.32 Å². The highest BCUT2D eigenvalue weighted by Gasteiger charge is 2.42. The number of carbonyl (C=O) groups excluding carboxylic acids is 2. The lowest BCUT2D eigenvalue weighted by Crippen LogP contribution is -2.36. The second kappa shape index (κ2) is 8.28. The maximum absolute atomic E-state index is 13.3. The van der Waals surface area contributed by atoms with Gasteiger partial charge < -0.3 is 10.1 Å². The SMILES string of the molecule is CC1=C(C(=O)OCC(C)C)[C@H](c2cccs2)C2=C(C[C@H](c3cccs3)CC2=O)N1. The van der Waals surface area contributed by atoms with Crippen LogP contribution in [0.2, 0.25) is 0 Å². The summed E-state index contributed by atoms with van der Waals surface area (Å²) in [6, 6.07) is 8.11. The van der Waals surface area contributed by atoms with Gasteiger partial charge in [-0.1, -0.05) is 26.0 Å². The van der Waals surface area contributed by atoms with Gasteiger partial charge in [0.05, 0.1) is 18.1 Å². The number of esters is 1. The van der Waals surface area contributed by atoms with Gasteiger partial charge in [-0.2, -0.15) is 0 Å². The van der Waals surface area contributed by atoms with E-state index in [1.807, 2.05) is 44.4 Å². The van der Waals surface area contributed by atoms with Crippen molar-refractivity contribution in [3.05, 3.63) is 67.3 Å². The monoisotopic (exact) mass is 427 g/mol. The summed E-state index contributed by atoms with van der Waals surface area (Å²) in [5.41, 5.74) is 3.05. The molecule has 2 atom stereocenters. The number of nitrogens with one attached hydrogen (secondary N) is 1. The van der Waals surface area contributed by atoms with E-state index in [0.717, 1.165) is 28.3 Å². The molecule has 2 aromatic heterocycles. The molecule has 4 nitrogen and oxygen atoms in total. The zero-order chi connectivity index (χ0) is 20.5. The molecule has 152 valence electrons. The Bertz CT molecular complexity index is 968. The van der Waals surface area contributed by atoms with Crippen LogP contribution >= 0.6 is 22.7 Å². The summed E-state index contributed by atoms with van der Waals surface area (Å²) < 4.78 is 5.57. The predicted octanol–water partition coefficient (Wildman–Crippen LogP) is 5.37. The van der Waals surface area contributed by atoms with Gasteiger partial charge in [0.1, 0.15) is 0 Å². The number of thiophene rings is 2. The molecule has 2 aromatic rings. The maximum Gasteiger partial charge on any atom is 0.336 e. The summed E-state index contributed by atoms with van der Waals surface area (Å²) in [6.07, 6.45) is 1.27. The van der Waals surface area contributed by atoms with Crippen molar-refractivity contribution >= 4 is 34.4 Å². The fourth-order valence-corrected chi connectivity index (χ4v) is 5.77. The van der Waals surface area contributed by atoms with E-state index >= 15 is 0 Å². The van der Waals surface area contributed by atoms with Crippen molar-refractivity contribution in [3.63, 3.8) is 0 Å². The summed E-state index contributed by atoms with van der Waals surface area (Å²) in [7, 11) is 0. The molecular weight excluding hydrogens is 402 g/mol. The van der Waals surface area contributed by atoms with Gasteiger partial charge >= 0.3 is 5.97 Å². The minimum absolute atomic E-state index is 0.122. The molecule has 0 unspecified atom stereocenters. The minimum atomic E-state index is -0.345. The third-order valence-electron chi connectivity index (χ3n) is 5.37. The number of rotatable bonds is 5. The fourth-order valence-electron chi connectivity index (χ4n) is 4.09. The maximum atomic E-state index is 13.3. The van der Waals surface area contributed by atoms with E-state index in [9.17, 15) is 9.59 Å². The van der Waals surface area contributed by atoms with Gasteiger partial charge in [-0.25, -0.2) is 4.79 Å². The quantitative estimate of drug-likeness (QED) is 0.652. The Balaban J connectivity index is 1.72. The van der Waals surface area contributed by atoms with Crippen molar-refractivity contribution in [2.24, 2.45) is 5.92 Å². The number of hydrogen-bond donors (Lipinski definition) is 1. The Morgan fingerprint density at radius 1 is 1.17 bits per heavy atom. The number of hydrogen-bond acceptors (Lipinski definition) is 6. The highest BCUT2D eigenvalue weighted by Crippen LogP contribution is 2.47. The molecule has 0 spiro atoms. The van der Waals surface area contributed by atoms with Crippen LogP contribution in [0.1, 0.15) is 55.2 Å². The summed E-state index contributed by atoms with van der Waals surface area (Å²) in [5, 5.41) is 7.45. The van der Waals surface area contributed by atoms with Crippen molar-refractivity contribution in [1.29, 1.82) is 0 Å².